The van der Waals surface area contributed by atoms with Crippen LogP contribution in [-0.4, -0.2) is 38.5 Å². The smallest absolute Gasteiger partial charge is 0.0696 e. The lowest BCUT2D eigenvalue weighted by atomic mass is 10.1. The van der Waals surface area contributed by atoms with Crippen LogP contribution < -0.4 is 5.32 Å². The van der Waals surface area contributed by atoms with Crippen LogP contribution in [0.3, 0.4) is 0 Å². The Balaban J connectivity index is 3.68. The van der Waals surface area contributed by atoms with E-state index in [1.807, 2.05) is 0 Å². The van der Waals surface area contributed by atoms with Crippen LogP contribution in [0.25, 0.3) is 0 Å². The van der Waals surface area contributed by atoms with Gasteiger partial charge < -0.3 is 14.8 Å². The Labute approximate surface area is 107 Å². The first-order valence-corrected chi connectivity index (χ1v) is 6.78. The average molecular weight is 245 g/mol. The Morgan fingerprint density at radius 1 is 1.18 bits per heavy atom. The van der Waals surface area contributed by atoms with E-state index in [0.717, 1.165) is 32.5 Å². The molecule has 3 heteroatoms. The van der Waals surface area contributed by atoms with E-state index in [2.05, 4.69) is 39.9 Å². The highest BCUT2D eigenvalue weighted by atomic mass is 16.5. The first-order chi connectivity index (χ1) is 7.91. The number of nitrogens with one attached hydrogen (secondary N) is 1. The molecule has 0 rings (SSSR count). The number of hydrogen-bond donors (Lipinski definition) is 1. The van der Waals surface area contributed by atoms with Gasteiger partial charge in [0.15, 0.2) is 0 Å². The number of rotatable bonds is 10. The zero-order valence-corrected chi connectivity index (χ0v) is 12.5. The molecule has 0 saturated heterocycles. The van der Waals surface area contributed by atoms with Gasteiger partial charge in [-0.1, -0.05) is 20.8 Å². The third-order valence-electron chi connectivity index (χ3n) is 2.99. The first kappa shape index (κ1) is 16.9. The molecule has 0 aromatic carbocycles. The Morgan fingerprint density at radius 3 is 2.29 bits per heavy atom. The predicted molar refractivity (Wildman–Crippen MR) is 73.4 cm³/mol. The summed E-state index contributed by atoms with van der Waals surface area (Å²) in [5.74, 6) is 0.694. The second-order valence-electron chi connectivity index (χ2n) is 5.67. The normalized spacial score (nSPS) is 14.3. The molecule has 3 nitrogen and oxygen atoms in total. The van der Waals surface area contributed by atoms with Crippen molar-refractivity contribution >= 4 is 0 Å². The number of hydrogen-bond acceptors (Lipinski definition) is 3. The quantitative estimate of drug-likeness (QED) is 0.642. The van der Waals surface area contributed by atoms with Crippen LogP contribution in [0.4, 0.5) is 0 Å². The molecule has 1 atom stereocenters. The van der Waals surface area contributed by atoms with Crippen molar-refractivity contribution in [2.24, 2.45) is 5.92 Å². The van der Waals surface area contributed by atoms with E-state index < -0.39 is 0 Å². The van der Waals surface area contributed by atoms with Crippen LogP contribution in [0.2, 0.25) is 0 Å². The molecule has 1 unspecified atom stereocenters. The van der Waals surface area contributed by atoms with E-state index in [4.69, 9.17) is 9.47 Å². The SMILES string of the molecule is CCC(CNCC(C)C)OCCC(C)(C)OC. The van der Waals surface area contributed by atoms with Crippen molar-refractivity contribution in [1.29, 1.82) is 0 Å². The van der Waals surface area contributed by atoms with Gasteiger partial charge in [0.25, 0.3) is 0 Å². The van der Waals surface area contributed by atoms with Crippen LogP contribution >= 0.6 is 0 Å². The van der Waals surface area contributed by atoms with Gasteiger partial charge in [-0.3, -0.25) is 0 Å². The lowest BCUT2D eigenvalue weighted by Crippen LogP contribution is -2.33. The Morgan fingerprint density at radius 2 is 1.82 bits per heavy atom. The average Bonchev–Trinajstić information content (AvgIpc) is 2.26. The zero-order valence-electron chi connectivity index (χ0n) is 12.5. The zero-order chi connectivity index (χ0) is 13.3. The molecule has 0 fully saturated rings. The molecule has 17 heavy (non-hydrogen) atoms. The van der Waals surface area contributed by atoms with Gasteiger partial charge in [-0.15, -0.1) is 0 Å². The Bertz CT molecular complexity index is 181. The maximum absolute atomic E-state index is 5.87. The Hall–Kier alpha value is -0.120. The van der Waals surface area contributed by atoms with E-state index in [1.165, 1.54) is 0 Å². The van der Waals surface area contributed by atoms with Crippen LogP contribution in [0.15, 0.2) is 0 Å². The standard InChI is InChI=1S/C14H31NO2/c1-7-13(11-15-10-12(2)3)17-9-8-14(4,5)16-6/h12-13,15H,7-11H2,1-6H3. The fraction of sp³-hybridized carbons (Fsp3) is 1.00. The molecule has 0 aliphatic rings. The van der Waals surface area contributed by atoms with Crippen molar-refractivity contribution in [2.75, 3.05) is 26.8 Å². The minimum absolute atomic E-state index is 0.0797. The second kappa shape index (κ2) is 8.90. The molecule has 0 aromatic rings. The van der Waals surface area contributed by atoms with E-state index in [1.54, 1.807) is 7.11 Å². The van der Waals surface area contributed by atoms with Crippen molar-refractivity contribution in [2.45, 2.75) is 59.2 Å². The van der Waals surface area contributed by atoms with E-state index in [9.17, 15) is 0 Å². The van der Waals surface area contributed by atoms with Gasteiger partial charge in [0.1, 0.15) is 0 Å². The molecule has 0 saturated carbocycles. The summed E-state index contributed by atoms with van der Waals surface area (Å²) in [4.78, 5) is 0. The molecular formula is C14H31NO2. The third-order valence-corrected chi connectivity index (χ3v) is 2.99. The number of methoxy groups -OCH3 is 1. The van der Waals surface area contributed by atoms with Gasteiger partial charge in [0, 0.05) is 20.3 Å². The molecule has 0 aliphatic carbocycles. The minimum atomic E-state index is -0.0797. The third kappa shape index (κ3) is 9.57. The highest BCUT2D eigenvalue weighted by molar-refractivity contribution is 4.68. The molecule has 104 valence electrons. The van der Waals surface area contributed by atoms with E-state index in [0.29, 0.717) is 12.0 Å². The van der Waals surface area contributed by atoms with Crippen molar-refractivity contribution in [3.8, 4) is 0 Å². The fourth-order valence-corrected chi connectivity index (χ4v) is 1.43. The summed E-state index contributed by atoms with van der Waals surface area (Å²) in [7, 11) is 1.75. The number of ether oxygens (including phenoxy) is 2. The second-order valence-corrected chi connectivity index (χ2v) is 5.67. The van der Waals surface area contributed by atoms with Crippen molar-refractivity contribution in [3.05, 3.63) is 0 Å². The molecule has 0 spiro atoms. The molecule has 0 aliphatic heterocycles. The van der Waals surface area contributed by atoms with Gasteiger partial charge in [0.2, 0.25) is 0 Å². The van der Waals surface area contributed by atoms with Gasteiger partial charge in [-0.05, 0) is 39.2 Å². The summed E-state index contributed by atoms with van der Waals surface area (Å²) in [5.41, 5.74) is -0.0797. The van der Waals surface area contributed by atoms with E-state index >= 15 is 0 Å². The fourth-order valence-electron chi connectivity index (χ4n) is 1.43. The summed E-state index contributed by atoms with van der Waals surface area (Å²) in [6.45, 7) is 13.6. The van der Waals surface area contributed by atoms with E-state index in [-0.39, 0.29) is 5.60 Å². The summed E-state index contributed by atoms with van der Waals surface area (Å²) in [6, 6.07) is 0. The molecule has 0 aromatic heterocycles. The lowest BCUT2D eigenvalue weighted by Gasteiger charge is -2.24. The van der Waals surface area contributed by atoms with Crippen LogP contribution in [0, 0.1) is 5.92 Å². The largest absolute Gasteiger partial charge is 0.379 e. The molecule has 0 amide bonds. The molecule has 0 radical (unpaired) electrons. The van der Waals surface area contributed by atoms with Gasteiger partial charge in [-0.25, -0.2) is 0 Å². The summed E-state index contributed by atoms with van der Waals surface area (Å²) >= 11 is 0. The summed E-state index contributed by atoms with van der Waals surface area (Å²) in [5, 5.41) is 3.44. The van der Waals surface area contributed by atoms with Crippen LogP contribution in [0.1, 0.15) is 47.5 Å². The lowest BCUT2D eigenvalue weighted by molar-refractivity contribution is -0.0271. The van der Waals surface area contributed by atoms with Crippen molar-refractivity contribution in [3.63, 3.8) is 0 Å². The summed E-state index contributed by atoms with van der Waals surface area (Å²) in [6.07, 6.45) is 2.31. The van der Waals surface area contributed by atoms with Crippen molar-refractivity contribution in [1.82, 2.24) is 5.32 Å². The van der Waals surface area contributed by atoms with Crippen LogP contribution in [0.5, 0.6) is 0 Å². The first-order valence-electron chi connectivity index (χ1n) is 6.78. The van der Waals surface area contributed by atoms with Gasteiger partial charge >= 0.3 is 0 Å². The maximum Gasteiger partial charge on any atom is 0.0696 e. The minimum Gasteiger partial charge on any atom is -0.379 e. The topological polar surface area (TPSA) is 30.5 Å². The predicted octanol–water partition coefficient (Wildman–Crippen LogP) is 2.84. The Kier molecular flexibility index (Phi) is 8.83. The van der Waals surface area contributed by atoms with Crippen LogP contribution in [-0.2, 0) is 9.47 Å². The van der Waals surface area contributed by atoms with Crippen molar-refractivity contribution < 1.29 is 9.47 Å². The summed E-state index contributed by atoms with van der Waals surface area (Å²) < 4.78 is 11.2. The highest BCUT2D eigenvalue weighted by Crippen LogP contribution is 2.13. The monoisotopic (exact) mass is 245 g/mol. The van der Waals surface area contributed by atoms with Gasteiger partial charge in [0.05, 0.1) is 11.7 Å². The molecule has 0 bridgehead atoms. The molecule has 1 N–H and O–H groups in total. The molecular weight excluding hydrogens is 214 g/mol. The highest BCUT2D eigenvalue weighted by Gasteiger charge is 2.16. The maximum atomic E-state index is 5.87. The molecule has 0 heterocycles. The van der Waals surface area contributed by atoms with Gasteiger partial charge in [-0.2, -0.15) is 0 Å².